The van der Waals surface area contributed by atoms with E-state index in [0.29, 0.717) is 42.8 Å². The Labute approximate surface area is 259 Å². The van der Waals surface area contributed by atoms with Crippen LogP contribution in [0.15, 0.2) is 83.0 Å². The third-order valence-electron chi connectivity index (χ3n) is 8.48. The van der Waals surface area contributed by atoms with E-state index in [0.717, 1.165) is 55.2 Å². The summed E-state index contributed by atoms with van der Waals surface area (Å²) in [6.07, 6.45) is 6.45. The van der Waals surface area contributed by atoms with Crippen LogP contribution in [0.5, 0.6) is 5.75 Å². The number of ether oxygens (including phenoxy) is 1. The van der Waals surface area contributed by atoms with Gasteiger partial charge in [0, 0.05) is 42.5 Å². The van der Waals surface area contributed by atoms with Crippen molar-refractivity contribution in [3.05, 3.63) is 101 Å². The highest BCUT2D eigenvalue weighted by Crippen LogP contribution is 2.32. The van der Waals surface area contributed by atoms with Crippen molar-refractivity contribution in [2.75, 3.05) is 13.1 Å². The van der Waals surface area contributed by atoms with Gasteiger partial charge < -0.3 is 19.4 Å². The Morgan fingerprint density at radius 2 is 1.69 bits per heavy atom. The second kappa shape index (κ2) is 13.2. The van der Waals surface area contributed by atoms with Crippen molar-refractivity contribution in [3.63, 3.8) is 0 Å². The monoisotopic (exact) mass is 617 g/mol. The molecule has 1 aliphatic heterocycles. The molecule has 1 atom stereocenters. The van der Waals surface area contributed by atoms with E-state index in [9.17, 15) is 22.8 Å². The Kier molecular flexibility index (Phi) is 8.91. The lowest BCUT2D eigenvalue weighted by atomic mass is 10.0. The predicted octanol–water partition coefficient (Wildman–Crippen LogP) is 7.68. The molecule has 10 heteroatoms. The molecular formula is C35H34F3N3O4. The quantitative estimate of drug-likeness (QED) is 0.225. The minimum absolute atomic E-state index is 0.00642. The number of allylic oxidation sites excluding steroid dienone is 1. The molecule has 4 aromatic rings. The van der Waals surface area contributed by atoms with Gasteiger partial charge in [0.25, 0.3) is 11.8 Å². The Morgan fingerprint density at radius 1 is 0.933 bits per heavy atom. The van der Waals surface area contributed by atoms with E-state index in [-0.39, 0.29) is 29.7 Å². The molecule has 0 radical (unpaired) electrons. The molecule has 2 amide bonds. The summed E-state index contributed by atoms with van der Waals surface area (Å²) in [6.45, 7) is 1.11. The maximum atomic E-state index is 13.0. The molecule has 0 bridgehead atoms. The standard InChI is InChI=1S/C35H34F3N3O4/c36-35(37,38)27-7-4-24(5-8-27)20-23-2-1-3-29(9-6-23)44-30-10-11-31-26(21-30)22-32(45-31)33(42)40-28-14-18-41(19-15-28)34(43)25-12-16-39-17-13-25/h4-5,7-8,10-13,16-17,20-22,28-29H,1-3,6,9,14-15,18-19H2,(H,40,42)/b23-20-. The number of likely N-dealkylation sites (tertiary alicyclic amines) is 1. The molecule has 7 nitrogen and oxygen atoms in total. The van der Waals surface area contributed by atoms with E-state index < -0.39 is 11.7 Å². The van der Waals surface area contributed by atoms with Gasteiger partial charge in [-0.3, -0.25) is 14.6 Å². The maximum Gasteiger partial charge on any atom is 0.416 e. The number of hydrogen-bond donors (Lipinski definition) is 1. The number of hydrogen-bond acceptors (Lipinski definition) is 5. The fourth-order valence-corrected chi connectivity index (χ4v) is 6.00. The third kappa shape index (κ3) is 7.56. The number of nitrogens with zero attached hydrogens (tertiary/aromatic N) is 2. The van der Waals surface area contributed by atoms with Crippen molar-refractivity contribution >= 4 is 28.9 Å². The third-order valence-corrected chi connectivity index (χ3v) is 8.48. The smallest absolute Gasteiger partial charge is 0.416 e. The zero-order valence-electron chi connectivity index (χ0n) is 24.7. The number of halogens is 3. The fourth-order valence-electron chi connectivity index (χ4n) is 6.00. The van der Waals surface area contributed by atoms with Crippen molar-refractivity contribution in [2.45, 2.75) is 63.3 Å². The minimum atomic E-state index is -4.34. The van der Waals surface area contributed by atoms with Gasteiger partial charge in [-0.25, -0.2) is 0 Å². The Morgan fingerprint density at radius 3 is 2.42 bits per heavy atom. The van der Waals surface area contributed by atoms with Crippen LogP contribution in [-0.2, 0) is 6.18 Å². The van der Waals surface area contributed by atoms with E-state index in [1.165, 1.54) is 17.7 Å². The molecule has 1 saturated heterocycles. The molecular weight excluding hydrogens is 583 g/mol. The lowest BCUT2D eigenvalue weighted by Crippen LogP contribution is -2.46. The van der Waals surface area contributed by atoms with E-state index in [1.807, 2.05) is 18.2 Å². The molecule has 2 fully saturated rings. The van der Waals surface area contributed by atoms with Gasteiger partial charge in [0.15, 0.2) is 5.76 Å². The highest BCUT2D eigenvalue weighted by Gasteiger charge is 2.30. The molecule has 1 aliphatic carbocycles. The largest absolute Gasteiger partial charge is 0.490 e. The van der Waals surface area contributed by atoms with Crippen LogP contribution in [0.25, 0.3) is 17.0 Å². The number of rotatable bonds is 6. The highest BCUT2D eigenvalue weighted by molar-refractivity contribution is 5.96. The molecule has 1 N–H and O–H groups in total. The first kappa shape index (κ1) is 30.4. The van der Waals surface area contributed by atoms with Gasteiger partial charge in [0.05, 0.1) is 11.7 Å². The molecule has 234 valence electrons. The number of fused-ring (bicyclic) bond motifs is 1. The molecule has 0 spiro atoms. The number of aromatic nitrogens is 1. The highest BCUT2D eigenvalue weighted by atomic mass is 19.4. The van der Waals surface area contributed by atoms with Crippen LogP contribution in [-0.4, -0.2) is 46.9 Å². The first-order valence-electron chi connectivity index (χ1n) is 15.3. The summed E-state index contributed by atoms with van der Waals surface area (Å²) in [6, 6.07) is 15.9. The summed E-state index contributed by atoms with van der Waals surface area (Å²) >= 11 is 0. The number of benzene rings is 2. The van der Waals surface area contributed by atoms with E-state index in [4.69, 9.17) is 9.15 Å². The van der Waals surface area contributed by atoms with E-state index >= 15 is 0 Å². The van der Waals surface area contributed by atoms with Crippen molar-refractivity contribution in [3.8, 4) is 5.75 Å². The van der Waals surface area contributed by atoms with Crippen LogP contribution in [0, 0.1) is 0 Å². The zero-order valence-corrected chi connectivity index (χ0v) is 24.7. The molecule has 2 aliphatic rings. The summed E-state index contributed by atoms with van der Waals surface area (Å²) in [5.74, 6) is 0.603. The molecule has 45 heavy (non-hydrogen) atoms. The van der Waals surface area contributed by atoms with Gasteiger partial charge in [-0.1, -0.05) is 23.8 Å². The lowest BCUT2D eigenvalue weighted by molar-refractivity contribution is -0.137. The average molecular weight is 618 g/mol. The van der Waals surface area contributed by atoms with Crippen molar-refractivity contribution < 1.29 is 31.9 Å². The number of piperidine rings is 1. The first-order valence-corrected chi connectivity index (χ1v) is 15.3. The van der Waals surface area contributed by atoms with Crippen LogP contribution < -0.4 is 10.1 Å². The summed E-state index contributed by atoms with van der Waals surface area (Å²) < 4.78 is 50.8. The number of furan rings is 1. The van der Waals surface area contributed by atoms with Gasteiger partial charge in [-0.05, 0) is 99.0 Å². The molecule has 6 rings (SSSR count). The SMILES string of the molecule is O=C(NC1CCN(C(=O)c2ccncc2)CC1)c1cc2cc(OC3CCC/C(=C/c4ccc(C(F)(F)F)cc4)CC3)ccc2o1. The zero-order chi connectivity index (χ0) is 31.4. The topological polar surface area (TPSA) is 84.7 Å². The molecule has 2 aromatic heterocycles. The van der Waals surface area contributed by atoms with E-state index in [2.05, 4.69) is 10.3 Å². The predicted molar refractivity (Wildman–Crippen MR) is 164 cm³/mol. The second-order valence-electron chi connectivity index (χ2n) is 11.7. The number of amides is 2. The van der Waals surface area contributed by atoms with Crippen molar-refractivity contribution in [2.24, 2.45) is 0 Å². The summed E-state index contributed by atoms with van der Waals surface area (Å²) in [4.78, 5) is 31.4. The average Bonchev–Trinajstić information content (AvgIpc) is 3.35. The van der Waals surface area contributed by atoms with Crippen LogP contribution in [0.4, 0.5) is 13.2 Å². The summed E-state index contributed by atoms with van der Waals surface area (Å²) in [5, 5.41) is 3.82. The van der Waals surface area contributed by atoms with Crippen molar-refractivity contribution in [1.29, 1.82) is 0 Å². The van der Waals surface area contributed by atoms with Crippen LogP contribution in [0.2, 0.25) is 0 Å². The van der Waals surface area contributed by atoms with Gasteiger partial charge in [0.2, 0.25) is 0 Å². The summed E-state index contributed by atoms with van der Waals surface area (Å²) in [7, 11) is 0. The Hall–Kier alpha value is -4.60. The number of pyridine rings is 1. The lowest BCUT2D eigenvalue weighted by Gasteiger charge is -2.32. The number of carbonyl (C=O) groups is 2. The maximum absolute atomic E-state index is 13.0. The molecule has 1 unspecified atom stereocenters. The first-order chi connectivity index (χ1) is 21.7. The van der Waals surface area contributed by atoms with Gasteiger partial charge in [-0.15, -0.1) is 0 Å². The van der Waals surface area contributed by atoms with Gasteiger partial charge >= 0.3 is 6.18 Å². The van der Waals surface area contributed by atoms with Gasteiger partial charge in [0.1, 0.15) is 11.3 Å². The summed E-state index contributed by atoms with van der Waals surface area (Å²) in [5.41, 5.74) is 2.52. The van der Waals surface area contributed by atoms with Crippen LogP contribution >= 0.6 is 0 Å². The molecule has 1 saturated carbocycles. The van der Waals surface area contributed by atoms with Crippen molar-refractivity contribution in [1.82, 2.24) is 15.2 Å². The molecule has 3 heterocycles. The number of carbonyl (C=O) groups excluding carboxylic acids is 2. The molecule has 2 aromatic carbocycles. The number of alkyl halides is 3. The van der Waals surface area contributed by atoms with E-state index in [1.54, 1.807) is 41.6 Å². The normalized spacial score (nSPS) is 19.0. The Balaban J connectivity index is 1.01. The Bertz CT molecular complexity index is 1670. The van der Waals surface area contributed by atoms with Crippen LogP contribution in [0.1, 0.15) is 77.0 Å². The minimum Gasteiger partial charge on any atom is -0.490 e. The van der Waals surface area contributed by atoms with Gasteiger partial charge in [-0.2, -0.15) is 13.2 Å². The second-order valence-corrected chi connectivity index (χ2v) is 11.7. The fraction of sp³-hybridized carbons (Fsp3) is 0.343. The van der Waals surface area contributed by atoms with Crippen LogP contribution in [0.3, 0.4) is 0 Å². The number of nitrogens with one attached hydrogen (secondary N) is 1.